The van der Waals surface area contributed by atoms with E-state index in [-0.39, 0.29) is 19.3 Å². The minimum Gasteiger partial charge on any atom is -0.480 e. The lowest BCUT2D eigenvalue weighted by Gasteiger charge is -2.28. The predicted molar refractivity (Wildman–Crippen MR) is 78.1 cm³/mol. The van der Waals surface area contributed by atoms with Gasteiger partial charge in [-0.1, -0.05) is 0 Å². The molecule has 0 aromatic carbocycles. The number of likely N-dealkylation sites (tertiary alicyclic amines) is 1. The zero-order valence-corrected chi connectivity index (χ0v) is 12.9. The van der Waals surface area contributed by atoms with Crippen LogP contribution in [0.1, 0.15) is 26.2 Å². The summed E-state index contributed by atoms with van der Waals surface area (Å²) in [5, 5.41) is 19.9. The molecule has 1 fully saturated rings. The fourth-order valence-electron chi connectivity index (χ4n) is 2.18. The minimum atomic E-state index is -1.21. The van der Waals surface area contributed by atoms with Crippen molar-refractivity contribution in [1.82, 2.24) is 10.2 Å². The molecule has 9 nitrogen and oxygen atoms in total. The van der Waals surface area contributed by atoms with Crippen molar-refractivity contribution in [2.75, 3.05) is 6.54 Å². The molecule has 0 aliphatic carbocycles. The number of carbonyl (C=O) groups is 4. The van der Waals surface area contributed by atoms with Gasteiger partial charge in [0.15, 0.2) is 0 Å². The van der Waals surface area contributed by atoms with Crippen molar-refractivity contribution >= 4 is 36.4 Å². The Morgan fingerprint density at radius 2 is 2.09 bits per heavy atom. The highest BCUT2D eigenvalue weighted by molar-refractivity contribution is 7.81. The van der Waals surface area contributed by atoms with Crippen LogP contribution in [0.5, 0.6) is 0 Å². The first kappa shape index (κ1) is 18.2. The van der Waals surface area contributed by atoms with Gasteiger partial charge in [-0.15, -0.1) is 0 Å². The second-order valence-corrected chi connectivity index (χ2v) is 6.31. The van der Waals surface area contributed by atoms with E-state index in [2.05, 4.69) is 17.9 Å². The average molecular weight is 333 g/mol. The smallest absolute Gasteiger partial charge is 0.323 e. The standard InChI is InChI=1S/C12H19N3O6S/c1-12(22)4-7(10(19)15(12)5-9(17)18)14-8(16)3-2-6(13)11(20)21/h6-7,22H,2-5,13H2,1H3,(H,14,16)(H,17,18)(H,20,21). The van der Waals surface area contributed by atoms with Gasteiger partial charge in [0.2, 0.25) is 11.8 Å². The van der Waals surface area contributed by atoms with E-state index in [1.807, 2.05) is 0 Å². The Labute approximate surface area is 132 Å². The summed E-state index contributed by atoms with van der Waals surface area (Å²) >= 11 is 4.26. The molecule has 10 heteroatoms. The van der Waals surface area contributed by atoms with Gasteiger partial charge in [0, 0.05) is 12.8 Å². The topological polar surface area (TPSA) is 150 Å². The average Bonchev–Trinajstić information content (AvgIpc) is 2.58. The van der Waals surface area contributed by atoms with E-state index < -0.39 is 47.3 Å². The first-order valence-electron chi connectivity index (χ1n) is 6.58. The van der Waals surface area contributed by atoms with Crippen LogP contribution < -0.4 is 11.1 Å². The maximum atomic E-state index is 12.1. The molecular formula is C12H19N3O6S. The van der Waals surface area contributed by atoms with Crippen LogP contribution in [0.2, 0.25) is 0 Å². The highest BCUT2D eigenvalue weighted by atomic mass is 32.1. The van der Waals surface area contributed by atoms with E-state index in [1.54, 1.807) is 6.92 Å². The molecule has 22 heavy (non-hydrogen) atoms. The summed E-state index contributed by atoms with van der Waals surface area (Å²) in [4.78, 5) is 45.3. The molecule has 1 heterocycles. The molecule has 3 unspecified atom stereocenters. The minimum absolute atomic E-state index is 0.0565. The van der Waals surface area contributed by atoms with E-state index in [1.165, 1.54) is 0 Å². The van der Waals surface area contributed by atoms with Gasteiger partial charge in [0.05, 0.1) is 4.87 Å². The third-order valence-corrected chi connectivity index (χ3v) is 3.79. The van der Waals surface area contributed by atoms with Gasteiger partial charge >= 0.3 is 11.9 Å². The lowest BCUT2D eigenvalue weighted by molar-refractivity contribution is -0.144. The molecule has 0 spiro atoms. The first-order valence-corrected chi connectivity index (χ1v) is 7.02. The fourth-order valence-corrected chi connectivity index (χ4v) is 2.53. The van der Waals surface area contributed by atoms with E-state index in [0.29, 0.717) is 0 Å². The summed E-state index contributed by atoms with van der Waals surface area (Å²) < 4.78 is 0. The Kier molecular flexibility index (Phi) is 5.78. The fraction of sp³-hybridized carbons (Fsp3) is 0.667. The highest BCUT2D eigenvalue weighted by Crippen LogP contribution is 2.33. The van der Waals surface area contributed by atoms with Crippen LogP contribution in [0, 0.1) is 0 Å². The number of aliphatic carboxylic acids is 2. The second-order valence-electron chi connectivity index (χ2n) is 5.34. The summed E-state index contributed by atoms with van der Waals surface area (Å²) in [6.07, 6.45) is -0.0442. The van der Waals surface area contributed by atoms with Gasteiger partial charge < -0.3 is 26.2 Å². The van der Waals surface area contributed by atoms with Gasteiger partial charge in [0.1, 0.15) is 18.6 Å². The van der Waals surface area contributed by atoms with E-state index in [0.717, 1.165) is 4.90 Å². The van der Waals surface area contributed by atoms with Crippen molar-refractivity contribution in [2.45, 2.75) is 43.1 Å². The van der Waals surface area contributed by atoms with Gasteiger partial charge in [-0.05, 0) is 13.3 Å². The maximum Gasteiger partial charge on any atom is 0.323 e. The number of carboxylic acids is 2. The van der Waals surface area contributed by atoms with Crippen molar-refractivity contribution in [2.24, 2.45) is 5.73 Å². The predicted octanol–water partition coefficient (Wildman–Crippen LogP) is -1.37. The Morgan fingerprint density at radius 1 is 1.50 bits per heavy atom. The second kappa shape index (κ2) is 6.97. The van der Waals surface area contributed by atoms with Gasteiger partial charge in [-0.3, -0.25) is 19.2 Å². The third kappa shape index (κ3) is 4.60. The summed E-state index contributed by atoms with van der Waals surface area (Å²) in [5.74, 6) is -3.43. The summed E-state index contributed by atoms with van der Waals surface area (Å²) in [7, 11) is 0. The molecule has 1 aliphatic heterocycles. The first-order chi connectivity index (χ1) is 10.0. The molecule has 1 rings (SSSR count). The summed E-state index contributed by atoms with van der Waals surface area (Å²) in [6, 6.07) is -2.03. The van der Waals surface area contributed by atoms with Crippen molar-refractivity contribution in [3.63, 3.8) is 0 Å². The lowest BCUT2D eigenvalue weighted by atomic mass is 10.1. The monoisotopic (exact) mass is 333 g/mol. The van der Waals surface area contributed by atoms with Crippen LogP contribution in [0.3, 0.4) is 0 Å². The molecule has 0 saturated carbocycles. The van der Waals surface area contributed by atoms with E-state index in [9.17, 15) is 19.2 Å². The normalized spacial score (nSPS) is 25.9. The molecule has 0 radical (unpaired) electrons. The van der Waals surface area contributed by atoms with Crippen LogP contribution in [-0.2, 0) is 19.2 Å². The number of carboxylic acid groups (broad SMARTS) is 2. The summed E-state index contributed by atoms with van der Waals surface area (Å²) in [6.45, 7) is 1.08. The van der Waals surface area contributed by atoms with Crippen molar-refractivity contribution in [3.8, 4) is 0 Å². The Hall–Kier alpha value is -1.81. The Balaban J connectivity index is 2.60. The zero-order valence-electron chi connectivity index (χ0n) is 12.0. The van der Waals surface area contributed by atoms with Crippen LogP contribution >= 0.6 is 12.6 Å². The Morgan fingerprint density at radius 3 is 2.59 bits per heavy atom. The van der Waals surface area contributed by atoms with Gasteiger partial charge in [-0.2, -0.15) is 12.6 Å². The number of thiol groups is 1. The van der Waals surface area contributed by atoms with Crippen molar-refractivity contribution < 1.29 is 29.4 Å². The number of rotatable bonds is 7. The molecule has 0 aromatic heterocycles. The molecule has 2 amide bonds. The largest absolute Gasteiger partial charge is 0.480 e. The SMILES string of the molecule is CC1(S)CC(NC(=O)CCC(N)C(=O)O)C(=O)N1CC(=O)O. The summed E-state index contributed by atoms with van der Waals surface area (Å²) in [5.41, 5.74) is 5.29. The van der Waals surface area contributed by atoms with Crippen LogP contribution in [-0.4, -0.2) is 62.4 Å². The van der Waals surface area contributed by atoms with Gasteiger partial charge in [-0.25, -0.2) is 0 Å². The highest BCUT2D eigenvalue weighted by Gasteiger charge is 2.47. The molecular weight excluding hydrogens is 314 g/mol. The molecule has 5 N–H and O–H groups in total. The van der Waals surface area contributed by atoms with Crippen molar-refractivity contribution in [1.29, 1.82) is 0 Å². The molecule has 1 saturated heterocycles. The number of nitrogens with two attached hydrogens (primary N) is 1. The Bertz CT molecular complexity index is 495. The number of hydrogen-bond donors (Lipinski definition) is 5. The molecule has 3 atom stereocenters. The number of amides is 2. The number of carbonyl (C=O) groups excluding carboxylic acids is 2. The quantitative estimate of drug-likeness (QED) is 0.360. The van der Waals surface area contributed by atoms with Crippen LogP contribution in [0.25, 0.3) is 0 Å². The van der Waals surface area contributed by atoms with Crippen molar-refractivity contribution in [3.05, 3.63) is 0 Å². The van der Waals surface area contributed by atoms with E-state index >= 15 is 0 Å². The number of nitrogens with zero attached hydrogens (tertiary/aromatic N) is 1. The zero-order chi connectivity index (χ0) is 17.1. The molecule has 124 valence electrons. The number of hydrogen-bond acceptors (Lipinski definition) is 6. The molecule has 0 bridgehead atoms. The number of nitrogens with one attached hydrogen (secondary N) is 1. The third-order valence-electron chi connectivity index (χ3n) is 3.36. The molecule has 1 aliphatic rings. The van der Waals surface area contributed by atoms with Gasteiger partial charge in [0.25, 0.3) is 0 Å². The van der Waals surface area contributed by atoms with E-state index in [4.69, 9.17) is 15.9 Å². The van der Waals surface area contributed by atoms with Crippen LogP contribution in [0.4, 0.5) is 0 Å². The molecule has 0 aromatic rings. The maximum absolute atomic E-state index is 12.1. The lowest BCUT2D eigenvalue weighted by Crippen LogP contribution is -2.45. The van der Waals surface area contributed by atoms with Crippen LogP contribution in [0.15, 0.2) is 0 Å².